The number of amides is 2. The maximum Gasteiger partial charge on any atom is 0.319 e. The zero-order chi connectivity index (χ0) is 22.6. The van der Waals surface area contributed by atoms with Gasteiger partial charge in [-0.05, 0) is 98.1 Å². The summed E-state index contributed by atoms with van der Waals surface area (Å²) >= 11 is 6.02. The van der Waals surface area contributed by atoms with Crippen LogP contribution in [0.1, 0.15) is 37.7 Å². The van der Waals surface area contributed by atoms with Crippen LogP contribution in [0.25, 0.3) is 10.8 Å². The van der Waals surface area contributed by atoms with Crippen LogP contribution in [0.15, 0.2) is 66.7 Å². The molecule has 5 heteroatoms. The lowest BCUT2D eigenvalue weighted by Gasteiger charge is -2.38. The first-order chi connectivity index (χ1) is 16.1. The Kier molecular flexibility index (Phi) is 6.84. The fraction of sp³-hybridized carbons (Fsp3) is 0.393. The van der Waals surface area contributed by atoms with Gasteiger partial charge in [0.05, 0.1) is 0 Å². The van der Waals surface area contributed by atoms with Gasteiger partial charge in [-0.3, -0.25) is 4.90 Å². The van der Waals surface area contributed by atoms with Crippen molar-refractivity contribution >= 4 is 34.1 Å². The monoisotopic (exact) mass is 461 g/mol. The van der Waals surface area contributed by atoms with E-state index < -0.39 is 0 Å². The number of rotatable bonds is 5. The number of likely N-dealkylation sites (tertiary alicyclic amines) is 1. The molecule has 1 aliphatic heterocycles. The number of halogens is 1. The predicted molar refractivity (Wildman–Crippen MR) is 137 cm³/mol. The molecule has 0 bridgehead atoms. The highest BCUT2D eigenvalue weighted by molar-refractivity contribution is 6.30. The molecule has 2 fully saturated rings. The molecule has 2 aliphatic rings. The third kappa shape index (κ3) is 5.51. The Labute approximate surface area is 201 Å². The van der Waals surface area contributed by atoms with Gasteiger partial charge in [-0.1, -0.05) is 54.1 Å². The van der Waals surface area contributed by atoms with E-state index in [9.17, 15) is 4.79 Å². The van der Waals surface area contributed by atoms with Crippen LogP contribution in [0.4, 0.5) is 10.5 Å². The first kappa shape index (κ1) is 22.2. The maximum atomic E-state index is 12.8. The van der Waals surface area contributed by atoms with Crippen molar-refractivity contribution in [1.29, 1.82) is 0 Å². The topological polar surface area (TPSA) is 44.4 Å². The number of carbonyl (C=O) groups is 1. The SMILES string of the molecule is O=C(Nc1ccc2ccccc2c1)N[C@@H]1CCC[C@H]1N1CCC(Cc2ccc(Cl)cc2)CC1. The van der Waals surface area contributed by atoms with Gasteiger partial charge in [-0.15, -0.1) is 0 Å². The van der Waals surface area contributed by atoms with Gasteiger partial charge >= 0.3 is 6.03 Å². The number of piperidine rings is 1. The average Bonchev–Trinajstić information content (AvgIpc) is 3.29. The molecule has 3 aromatic carbocycles. The van der Waals surface area contributed by atoms with E-state index in [4.69, 9.17) is 11.6 Å². The molecule has 1 heterocycles. The van der Waals surface area contributed by atoms with Gasteiger partial charge in [0.15, 0.2) is 0 Å². The molecule has 1 aliphatic carbocycles. The predicted octanol–water partition coefficient (Wildman–Crippen LogP) is 6.49. The third-order valence-corrected chi connectivity index (χ3v) is 7.61. The van der Waals surface area contributed by atoms with Crippen molar-refractivity contribution in [3.8, 4) is 0 Å². The zero-order valence-electron chi connectivity index (χ0n) is 19.0. The number of nitrogens with one attached hydrogen (secondary N) is 2. The van der Waals surface area contributed by atoms with Crippen LogP contribution in [0.5, 0.6) is 0 Å². The summed E-state index contributed by atoms with van der Waals surface area (Å²) < 4.78 is 0. The van der Waals surface area contributed by atoms with Crippen LogP contribution < -0.4 is 10.6 Å². The van der Waals surface area contributed by atoms with E-state index in [1.807, 2.05) is 36.4 Å². The highest BCUT2D eigenvalue weighted by atomic mass is 35.5. The largest absolute Gasteiger partial charge is 0.334 e. The fourth-order valence-electron chi connectivity index (χ4n) is 5.59. The van der Waals surface area contributed by atoms with Crippen LogP contribution in [-0.2, 0) is 6.42 Å². The summed E-state index contributed by atoms with van der Waals surface area (Å²) in [4.78, 5) is 15.4. The molecule has 5 rings (SSSR count). The fourth-order valence-corrected chi connectivity index (χ4v) is 5.72. The molecule has 4 nitrogen and oxygen atoms in total. The molecule has 0 unspecified atom stereocenters. The van der Waals surface area contributed by atoms with E-state index in [1.54, 1.807) is 0 Å². The van der Waals surface area contributed by atoms with Crippen molar-refractivity contribution in [2.45, 2.75) is 50.6 Å². The zero-order valence-corrected chi connectivity index (χ0v) is 19.7. The Morgan fingerprint density at radius 3 is 2.45 bits per heavy atom. The van der Waals surface area contributed by atoms with E-state index in [1.165, 1.54) is 36.6 Å². The number of fused-ring (bicyclic) bond motifs is 1. The quantitative estimate of drug-likeness (QED) is 0.456. The molecule has 2 amide bonds. The summed E-state index contributed by atoms with van der Waals surface area (Å²) in [5.41, 5.74) is 2.22. The van der Waals surface area contributed by atoms with E-state index in [0.29, 0.717) is 6.04 Å². The Morgan fingerprint density at radius 2 is 1.67 bits per heavy atom. The van der Waals surface area contributed by atoms with Crippen molar-refractivity contribution in [3.63, 3.8) is 0 Å². The number of anilines is 1. The molecule has 0 radical (unpaired) electrons. The van der Waals surface area contributed by atoms with Gasteiger partial charge in [0.2, 0.25) is 0 Å². The smallest absolute Gasteiger partial charge is 0.319 e. The van der Waals surface area contributed by atoms with Crippen LogP contribution >= 0.6 is 11.6 Å². The standard InChI is InChI=1S/C28H32ClN3O/c29-24-11-8-20(9-12-24)18-21-14-16-32(17-15-21)27-7-3-6-26(27)31-28(33)30-25-13-10-22-4-1-2-5-23(22)19-25/h1-2,4-5,8-13,19,21,26-27H,3,6-7,14-18H2,(H2,30,31,33)/t26-,27-/m1/s1. The van der Waals surface area contributed by atoms with Gasteiger partial charge in [0.25, 0.3) is 0 Å². The second-order valence-corrected chi connectivity index (χ2v) is 10.0. The third-order valence-electron chi connectivity index (χ3n) is 7.36. The Bertz CT molecular complexity index is 1090. The summed E-state index contributed by atoms with van der Waals surface area (Å²) in [6.07, 6.45) is 6.97. The first-order valence-corrected chi connectivity index (χ1v) is 12.6. The van der Waals surface area contributed by atoms with Gasteiger partial charge in [0, 0.05) is 22.8 Å². The molecule has 1 saturated heterocycles. The number of nitrogens with zero attached hydrogens (tertiary/aromatic N) is 1. The number of hydrogen-bond acceptors (Lipinski definition) is 2. The summed E-state index contributed by atoms with van der Waals surface area (Å²) in [6, 6.07) is 23.1. The Hall–Kier alpha value is -2.56. The van der Waals surface area contributed by atoms with Gasteiger partial charge < -0.3 is 10.6 Å². The van der Waals surface area contributed by atoms with E-state index in [0.717, 1.165) is 47.9 Å². The molecule has 3 aromatic rings. The van der Waals surface area contributed by atoms with Crippen LogP contribution in [0, 0.1) is 5.92 Å². The highest BCUT2D eigenvalue weighted by Gasteiger charge is 2.35. The van der Waals surface area contributed by atoms with Crippen molar-refractivity contribution in [2.24, 2.45) is 5.92 Å². The minimum Gasteiger partial charge on any atom is -0.334 e. The summed E-state index contributed by atoms with van der Waals surface area (Å²) in [6.45, 7) is 2.24. The number of benzene rings is 3. The Balaban J connectivity index is 1.13. The van der Waals surface area contributed by atoms with Gasteiger partial charge in [0.1, 0.15) is 0 Å². The number of urea groups is 1. The second-order valence-electron chi connectivity index (χ2n) is 9.58. The van der Waals surface area contributed by atoms with E-state index >= 15 is 0 Å². The highest BCUT2D eigenvalue weighted by Crippen LogP contribution is 2.30. The summed E-state index contributed by atoms with van der Waals surface area (Å²) in [5.74, 6) is 0.728. The molecule has 33 heavy (non-hydrogen) atoms. The number of carbonyl (C=O) groups excluding carboxylic acids is 1. The van der Waals surface area contributed by atoms with Crippen molar-refractivity contribution in [1.82, 2.24) is 10.2 Å². The molecular formula is C28H32ClN3O. The molecule has 172 valence electrons. The van der Waals surface area contributed by atoms with E-state index in [2.05, 4.69) is 45.9 Å². The lowest BCUT2D eigenvalue weighted by atomic mass is 9.89. The lowest BCUT2D eigenvalue weighted by molar-refractivity contribution is 0.119. The molecule has 0 aromatic heterocycles. The lowest BCUT2D eigenvalue weighted by Crippen LogP contribution is -2.52. The minimum atomic E-state index is -0.0974. The van der Waals surface area contributed by atoms with E-state index in [-0.39, 0.29) is 12.1 Å². The maximum absolute atomic E-state index is 12.8. The van der Waals surface area contributed by atoms with Crippen molar-refractivity contribution < 1.29 is 4.79 Å². The molecule has 2 N–H and O–H groups in total. The Morgan fingerprint density at radius 1 is 0.909 bits per heavy atom. The van der Waals surface area contributed by atoms with Gasteiger partial charge in [-0.2, -0.15) is 0 Å². The average molecular weight is 462 g/mol. The van der Waals surface area contributed by atoms with Gasteiger partial charge in [-0.25, -0.2) is 4.79 Å². The van der Waals surface area contributed by atoms with Crippen LogP contribution in [-0.4, -0.2) is 36.1 Å². The summed E-state index contributed by atoms with van der Waals surface area (Å²) in [7, 11) is 0. The normalized spacial score (nSPS) is 21.8. The first-order valence-electron chi connectivity index (χ1n) is 12.2. The summed E-state index contributed by atoms with van der Waals surface area (Å²) in [5, 5.41) is 9.44. The number of hydrogen-bond donors (Lipinski definition) is 2. The molecule has 2 atom stereocenters. The van der Waals surface area contributed by atoms with Crippen LogP contribution in [0.3, 0.4) is 0 Å². The van der Waals surface area contributed by atoms with Crippen molar-refractivity contribution in [2.75, 3.05) is 18.4 Å². The second kappa shape index (κ2) is 10.1. The molecule has 1 saturated carbocycles. The molecule has 0 spiro atoms. The molecular weight excluding hydrogens is 430 g/mol. The van der Waals surface area contributed by atoms with Crippen LogP contribution in [0.2, 0.25) is 5.02 Å². The minimum absolute atomic E-state index is 0.0974. The van der Waals surface area contributed by atoms with Crippen molar-refractivity contribution in [3.05, 3.63) is 77.3 Å².